The molecule has 1 aromatic carbocycles. The maximum atomic E-state index is 14.3. The fraction of sp³-hybridized carbons (Fsp3) is 0.222. The monoisotopic (exact) mass is 389 g/mol. The summed E-state index contributed by atoms with van der Waals surface area (Å²) in [5.74, 6) is -0.580. The first-order valence-corrected chi connectivity index (χ1v) is 8.15. The van der Waals surface area contributed by atoms with Crippen LogP contribution in [-0.4, -0.2) is 33.1 Å². The number of nitrogens with one attached hydrogen (secondary N) is 1. The Morgan fingerprint density at radius 3 is 2.54 bits per heavy atom. The first kappa shape index (κ1) is 19.2. The van der Waals surface area contributed by atoms with Gasteiger partial charge in [0, 0.05) is 13.1 Å². The molecule has 0 aliphatic carbocycles. The third-order valence-electron chi connectivity index (χ3n) is 3.93. The minimum absolute atomic E-state index is 0.0563. The van der Waals surface area contributed by atoms with Crippen LogP contribution >= 0.6 is 0 Å². The van der Waals surface area contributed by atoms with E-state index in [1.807, 2.05) is 0 Å². The summed E-state index contributed by atoms with van der Waals surface area (Å²) in [4.78, 5) is 18.9. The lowest BCUT2D eigenvalue weighted by Gasteiger charge is -2.12. The van der Waals surface area contributed by atoms with Gasteiger partial charge in [-0.3, -0.25) is 9.48 Å². The van der Waals surface area contributed by atoms with Gasteiger partial charge in [-0.05, 0) is 18.6 Å². The van der Waals surface area contributed by atoms with Crippen molar-refractivity contribution >= 4 is 18.1 Å². The summed E-state index contributed by atoms with van der Waals surface area (Å²) in [6.07, 6.45) is 3.34. The Morgan fingerprint density at radius 2 is 1.93 bits per heavy atom. The summed E-state index contributed by atoms with van der Waals surface area (Å²) in [5, 5.41) is 6.86. The maximum absolute atomic E-state index is 14.3. The van der Waals surface area contributed by atoms with Gasteiger partial charge < -0.3 is 14.8 Å². The summed E-state index contributed by atoms with van der Waals surface area (Å²) >= 11 is 0. The number of aryl methyl sites for hydroxylation is 2. The van der Waals surface area contributed by atoms with Crippen molar-refractivity contribution in [3.05, 3.63) is 53.0 Å². The predicted molar refractivity (Wildman–Crippen MR) is 95.9 cm³/mol. The zero-order chi connectivity index (χ0) is 20.3. The molecule has 0 atom stereocenters. The molecule has 10 heteroatoms. The topological polar surface area (TPSA) is 91.2 Å². The molecule has 0 fully saturated rings. The number of hydrogen-bond acceptors (Lipinski definition) is 7. The molecular formula is C18H17F2N5O3. The van der Waals surface area contributed by atoms with E-state index in [-0.39, 0.29) is 40.9 Å². The van der Waals surface area contributed by atoms with Crippen LogP contribution in [0, 0.1) is 18.6 Å². The number of anilines is 2. The van der Waals surface area contributed by atoms with Crippen molar-refractivity contribution in [2.45, 2.75) is 13.5 Å². The number of hydrogen-bond donors (Lipinski definition) is 1. The van der Waals surface area contributed by atoms with Gasteiger partial charge in [-0.15, -0.1) is 0 Å². The van der Waals surface area contributed by atoms with Gasteiger partial charge in [-0.25, -0.2) is 18.7 Å². The van der Waals surface area contributed by atoms with Gasteiger partial charge in [0.05, 0.1) is 25.1 Å². The Bertz CT molecular complexity index is 1010. The van der Waals surface area contributed by atoms with Crippen molar-refractivity contribution in [2.75, 3.05) is 12.4 Å². The lowest BCUT2D eigenvalue weighted by atomic mass is 10.1. The molecule has 2 heterocycles. The van der Waals surface area contributed by atoms with Crippen LogP contribution in [0.3, 0.4) is 0 Å². The lowest BCUT2D eigenvalue weighted by molar-refractivity contribution is 0.111. The van der Waals surface area contributed by atoms with Crippen LogP contribution in [0.15, 0.2) is 24.5 Å². The number of halogens is 2. The minimum Gasteiger partial charge on any atom is -0.494 e. The van der Waals surface area contributed by atoms with E-state index in [9.17, 15) is 13.6 Å². The second kappa shape index (κ2) is 7.99. The SMILES string of the molecule is COc1cc(C)c(F)c(COc2cnc(Nc3cc(C=O)nn3C)nc2)c1F. The summed E-state index contributed by atoms with van der Waals surface area (Å²) in [7, 11) is 2.96. The Morgan fingerprint density at radius 1 is 1.21 bits per heavy atom. The summed E-state index contributed by atoms with van der Waals surface area (Å²) in [6, 6.07) is 2.82. The average molecular weight is 389 g/mol. The molecule has 0 aliphatic heterocycles. The number of carbonyl (C=O) groups excluding carboxylic acids is 1. The number of benzene rings is 1. The van der Waals surface area contributed by atoms with Gasteiger partial charge in [0.2, 0.25) is 5.95 Å². The minimum atomic E-state index is -0.813. The lowest BCUT2D eigenvalue weighted by Crippen LogP contribution is -2.07. The molecule has 3 rings (SSSR count). The van der Waals surface area contributed by atoms with E-state index >= 15 is 0 Å². The molecule has 0 radical (unpaired) electrons. The molecule has 8 nitrogen and oxygen atoms in total. The average Bonchev–Trinajstić information content (AvgIpc) is 3.05. The summed E-state index contributed by atoms with van der Waals surface area (Å²) in [6.45, 7) is 1.16. The Labute approximate surface area is 159 Å². The van der Waals surface area contributed by atoms with Crippen LogP contribution in [0.4, 0.5) is 20.5 Å². The number of aldehydes is 1. The zero-order valence-corrected chi connectivity index (χ0v) is 15.4. The number of nitrogens with zero attached hydrogens (tertiary/aromatic N) is 4. The van der Waals surface area contributed by atoms with Crippen LogP contribution in [0.1, 0.15) is 21.6 Å². The molecule has 3 aromatic rings. The molecule has 0 bridgehead atoms. The molecule has 146 valence electrons. The predicted octanol–water partition coefficient (Wildman–Crippen LogP) is 2.94. The molecule has 0 spiro atoms. The highest BCUT2D eigenvalue weighted by atomic mass is 19.1. The Balaban J connectivity index is 1.71. The van der Waals surface area contributed by atoms with E-state index in [4.69, 9.17) is 9.47 Å². The number of aromatic nitrogens is 4. The van der Waals surface area contributed by atoms with Crippen molar-refractivity contribution in [1.82, 2.24) is 19.7 Å². The molecule has 0 amide bonds. The second-order valence-electron chi connectivity index (χ2n) is 5.85. The van der Waals surface area contributed by atoms with E-state index in [2.05, 4.69) is 20.4 Å². The smallest absolute Gasteiger partial charge is 0.228 e. The van der Waals surface area contributed by atoms with Gasteiger partial charge >= 0.3 is 0 Å². The molecule has 0 unspecified atom stereocenters. The van der Waals surface area contributed by atoms with Crippen molar-refractivity contribution in [3.8, 4) is 11.5 Å². The fourth-order valence-electron chi connectivity index (χ4n) is 2.47. The zero-order valence-electron chi connectivity index (χ0n) is 15.4. The Kier molecular flexibility index (Phi) is 5.48. The fourth-order valence-corrected chi connectivity index (χ4v) is 2.47. The highest BCUT2D eigenvalue weighted by Gasteiger charge is 2.18. The van der Waals surface area contributed by atoms with E-state index in [0.717, 1.165) is 0 Å². The summed E-state index contributed by atoms with van der Waals surface area (Å²) in [5.41, 5.74) is 0.274. The van der Waals surface area contributed by atoms with E-state index < -0.39 is 11.6 Å². The third-order valence-corrected chi connectivity index (χ3v) is 3.93. The highest BCUT2D eigenvalue weighted by molar-refractivity contribution is 5.74. The van der Waals surface area contributed by atoms with Gasteiger partial charge in [0.25, 0.3) is 0 Å². The molecule has 28 heavy (non-hydrogen) atoms. The van der Waals surface area contributed by atoms with Crippen molar-refractivity contribution in [2.24, 2.45) is 7.05 Å². The quantitative estimate of drug-likeness (QED) is 0.621. The molecule has 0 saturated carbocycles. The van der Waals surface area contributed by atoms with Crippen LogP contribution in [0.5, 0.6) is 11.5 Å². The van der Waals surface area contributed by atoms with Crippen LogP contribution < -0.4 is 14.8 Å². The summed E-state index contributed by atoms with van der Waals surface area (Å²) < 4.78 is 40.3. The van der Waals surface area contributed by atoms with E-state index in [1.165, 1.54) is 43.2 Å². The number of rotatable bonds is 7. The van der Waals surface area contributed by atoms with Crippen LogP contribution in [0.2, 0.25) is 0 Å². The third kappa shape index (κ3) is 3.90. The van der Waals surface area contributed by atoms with Crippen molar-refractivity contribution < 1.29 is 23.0 Å². The number of methoxy groups -OCH3 is 1. The normalized spacial score (nSPS) is 10.6. The second-order valence-corrected chi connectivity index (χ2v) is 5.85. The number of carbonyl (C=O) groups is 1. The van der Waals surface area contributed by atoms with Crippen LogP contribution in [0.25, 0.3) is 0 Å². The molecule has 1 N–H and O–H groups in total. The first-order chi connectivity index (χ1) is 13.4. The highest BCUT2D eigenvalue weighted by Crippen LogP contribution is 2.27. The molecule has 0 aliphatic rings. The van der Waals surface area contributed by atoms with Gasteiger partial charge in [-0.1, -0.05) is 0 Å². The van der Waals surface area contributed by atoms with Crippen molar-refractivity contribution in [1.29, 1.82) is 0 Å². The number of ether oxygens (including phenoxy) is 2. The molecule has 0 saturated heterocycles. The maximum Gasteiger partial charge on any atom is 0.228 e. The standard InChI is InChI=1S/C18H17F2N5O3/c1-10-4-14(27-3)17(20)13(16(10)19)9-28-12-6-21-18(22-7-12)23-15-5-11(8-26)24-25(15)2/h4-8H,9H2,1-3H3,(H,21,22,23). The van der Waals surface area contributed by atoms with Crippen LogP contribution in [-0.2, 0) is 13.7 Å². The Hall–Kier alpha value is -3.56. The molecule has 2 aromatic heterocycles. The first-order valence-electron chi connectivity index (χ1n) is 8.15. The van der Waals surface area contributed by atoms with Crippen molar-refractivity contribution in [3.63, 3.8) is 0 Å². The molecular weight excluding hydrogens is 372 g/mol. The van der Waals surface area contributed by atoms with Gasteiger partial charge in [0.15, 0.2) is 23.6 Å². The van der Waals surface area contributed by atoms with Gasteiger partial charge in [-0.2, -0.15) is 5.10 Å². The van der Waals surface area contributed by atoms with Gasteiger partial charge in [0.1, 0.15) is 23.9 Å². The van der Waals surface area contributed by atoms with E-state index in [0.29, 0.717) is 12.1 Å². The van der Waals surface area contributed by atoms with E-state index in [1.54, 1.807) is 7.05 Å². The largest absolute Gasteiger partial charge is 0.494 e.